The molecule has 1 unspecified atom stereocenters. The van der Waals surface area contributed by atoms with Crippen molar-refractivity contribution in [2.75, 3.05) is 11.1 Å². The molecule has 0 saturated heterocycles. The molecular weight excluding hydrogens is 243 g/mol. The van der Waals surface area contributed by atoms with Crippen molar-refractivity contribution < 1.29 is 4.39 Å². The van der Waals surface area contributed by atoms with Crippen molar-refractivity contribution >= 4 is 11.8 Å². The number of anilines is 2. The largest absolute Gasteiger partial charge is 0.368 e. The Morgan fingerprint density at radius 3 is 2.89 bits per heavy atom. The second kappa shape index (κ2) is 4.84. The maximum Gasteiger partial charge on any atom is 0.222 e. The van der Waals surface area contributed by atoms with Crippen molar-refractivity contribution in [3.63, 3.8) is 0 Å². The third-order valence-corrected chi connectivity index (χ3v) is 3.45. The van der Waals surface area contributed by atoms with E-state index in [9.17, 15) is 4.39 Å². The lowest BCUT2D eigenvalue weighted by Crippen LogP contribution is -2.28. The summed E-state index contributed by atoms with van der Waals surface area (Å²) in [6.45, 7) is 0. The molecule has 98 valence electrons. The van der Waals surface area contributed by atoms with Crippen LogP contribution in [0, 0.1) is 5.82 Å². The molecular formula is C14H15FN4. The van der Waals surface area contributed by atoms with Crippen LogP contribution in [-0.2, 0) is 12.8 Å². The van der Waals surface area contributed by atoms with Gasteiger partial charge in [0.1, 0.15) is 0 Å². The number of nitrogen functional groups attached to an aromatic ring is 1. The smallest absolute Gasteiger partial charge is 0.222 e. The SMILES string of the molecule is Nc1ncc(F)c(NC2CCc3ccccc3C2)n1. The minimum Gasteiger partial charge on any atom is -0.368 e. The molecule has 1 aromatic heterocycles. The van der Waals surface area contributed by atoms with Crippen LogP contribution in [0.2, 0.25) is 0 Å². The van der Waals surface area contributed by atoms with E-state index in [2.05, 4.69) is 33.5 Å². The normalized spacial score (nSPS) is 17.8. The molecule has 1 aromatic carbocycles. The van der Waals surface area contributed by atoms with Crippen molar-refractivity contribution in [2.24, 2.45) is 0 Å². The standard InChI is InChI=1S/C14H15FN4/c15-12-8-17-14(16)19-13(12)18-11-6-5-9-3-1-2-4-10(9)7-11/h1-4,8,11H,5-7H2,(H3,16,17,18,19). The van der Waals surface area contributed by atoms with E-state index in [1.54, 1.807) is 0 Å². The molecule has 1 atom stereocenters. The van der Waals surface area contributed by atoms with Crippen molar-refractivity contribution in [3.8, 4) is 0 Å². The first-order valence-electron chi connectivity index (χ1n) is 6.33. The molecule has 0 amide bonds. The number of nitrogens with one attached hydrogen (secondary N) is 1. The van der Waals surface area contributed by atoms with Crippen molar-refractivity contribution in [1.29, 1.82) is 0 Å². The molecule has 1 aliphatic rings. The lowest BCUT2D eigenvalue weighted by Gasteiger charge is -2.25. The highest BCUT2D eigenvalue weighted by Crippen LogP contribution is 2.23. The van der Waals surface area contributed by atoms with Crippen molar-refractivity contribution in [2.45, 2.75) is 25.3 Å². The molecule has 19 heavy (non-hydrogen) atoms. The summed E-state index contributed by atoms with van der Waals surface area (Å²) in [6, 6.07) is 8.53. The third kappa shape index (κ3) is 2.50. The Bertz CT molecular complexity index is 600. The van der Waals surface area contributed by atoms with Crippen molar-refractivity contribution in [1.82, 2.24) is 9.97 Å². The Labute approximate surface area is 110 Å². The topological polar surface area (TPSA) is 63.8 Å². The molecule has 4 nitrogen and oxygen atoms in total. The summed E-state index contributed by atoms with van der Waals surface area (Å²) in [4.78, 5) is 7.52. The van der Waals surface area contributed by atoms with Gasteiger partial charge in [-0.1, -0.05) is 24.3 Å². The van der Waals surface area contributed by atoms with Crippen LogP contribution in [0.15, 0.2) is 30.5 Å². The van der Waals surface area contributed by atoms with Gasteiger partial charge in [-0.15, -0.1) is 0 Å². The fourth-order valence-electron chi connectivity index (χ4n) is 2.50. The van der Waals surface area contributed by atoms with Gasteiger partial charge >= 0.3 is 0 Å². The number of nitrogens with two attached hydrogens (primary N) is 1. The molecule has 1 heterocycles. The van der Waals surface area contributed by atoms with E-state index in [-0.39, 0.29) is 17.8 Å². The number of rotatable bonds is 2. The Morgan fingerprint density at radius 1 is 1.26 bits per heavy atom. The summed E-state index contributed by atoms with van der Waals surface area (Å²) < 4.78 is 13.6. The molecule has 0 spiro atoms. The summed E-state index contributed by atoms with van der Waals surface area (Å²) in [6.07, 6.45) is 3.93. The Balaban J connectivity index is 1.77. The number of hydrogen-bond acceptors (Lipinski definition) is 4. The second-order valence-electron chi connectivity index (χ2n) is 4.78. The van der Waals surface area contributed by atoms with E-state index < -0.39 is 5.82 Å². The number of benzene rings is 1. The monoisotopic (exact) mass is 258 g/mol. The zero-order valence-corrected chi connectivity index (χ0v) is 10.4. The first-order chi connectivity index (χ1) is 9.22. The Kier molecular flexibility index (Phi) is 3.03. The second-order valence-corrected chi connectivity index (χ2v) is 4.78. The van der Waals surface area contributed by atoms with Crippen LogP contribution in [0.4, 0.5) is 16.2 Å². The van der Waals surface area contributed by atoms with Crippen LogP contribution in [0.3, 0.4) is 0 Å². The number of nitrogens with zero attached hydrogens (tertiary/aromatic N) is 2. The predicted molar refractivity (Wildman–Crippen MR) is 72.3 cm³/mol. The maximum atomic E-state index is 13.6. The molecule has 5 heteroatoms. The fraction of sp³-hybridized carbons (Fsp3) is 0.286. The summed E-state index contributed by atoms with van der Waals surface area (Å²) in [5, 5.41) is 3.12. The van der Waals surface area contributed by atoms with Crippen LogP contribution in [0.5, 0.6) is 0 Å². The fourth-order valence-corrected chi connectivity index (χ4v) is 2.50. The molecule has 3 N–H and O–H groups in total. The van der Waals surface area contributed by atoms with E-state index in [1.165, 1.54) is 11.1 Å². The van der Waals surface area contributed by atoms with Gasteiger partial charge in [-0.3, -0.25) is 0 Å². The number of halogens is 1. The van der Waals surface area contributed by atoms with Crippen LogP contribution in [0.25, 0.3) is 0 Å². The molecule has 3 rings (SSSR count). The summed E-state index contributed by atoms with van der Waals surface area (Å²) in [5.74, 6) is -0.190. The number of aryl methyl sites for hydroxylation is 1. The Hall–Kier alpha value is -2.17. The van der Waals surface area contributed by atoms with Gasteiger partial charge in [0.05, 0.1) is 6.20 Å². The molecule has 1 aliphatic carbocycles. The van der Waals surface area contributed by atoms with Gasteiger partial charge in [-0.05, 0) is 30.4 Å². The minimum atomic E-state index is -0.465. The van der Waals surface area contributed by atoms with E-state index in [4.69, 9.17) is 5.73 Å². The first kappa shape index (κ1) is 11.9. The van der Waals surface area contributed by atoms with Gasteiger partial charge in [0.15, 0.2) is 11.6 Å². The van der Waals surface area contributed by atoms with E-state index in [0.29, 0.717) is 0 Å². The highest BCUT2D eigenvalue weighted by atomic mass is 19.1. The maximum absolute atomic E-state index is 13.6. The van der Waals surface area contributed by atoms with E-state index in [1.807, 2.05) is 6.07 Å². The van der Waals surface area contributed by atoms with Gasteiger partial charge in [-0.25, -0.2) is 9.37 Å². The van der Waals surface area contributed by atoms with Crippen LogP contribution < -0.4 is 11.1 Å². The van der Waals surface area contributed by atoms with Crippen LogP contribution in [-0.4, -0.2) is 16.0 Å². The van der Waals surface area contributed by atoms with Crippen LogP contribution >= 0.6 is 0 Å². The highest BCUT2D eigenvalue weighted by molar-refractivity contribution is 5.42. The quantitative estimate of drug-likeness (QED) is 0.866. The first-order valence-corrected chi connectivity index (χ1v) is 6.33. The van der Waals surface area contributed by atoms with Gasteiger partial charge in [0.2, 0.25) is 5.95 Å². The molecule has 0 fully saturated rings. The third-order valence-electron chi connectivity index (χ3n) is 3.45. The lowest BCUT2D eigenvalue weighted by atomic mass is 9.88. The Morgan fingerprint density at radius 2 is 2.05 bits per heavy atom. The van der Waals surface area contributed by atoms with Crippen molar-refractivity contribution in [3.05, 3.63) is 47.4 Å². The molecule has 0 bridgehead atoms. The molecule has 0 radical (unpaired) electrons. The number of hydrogen-bond donors (Lipinski definition) is 2. The number of aromatic nitrogens is 2. The number of fused-ring (bicyclic) bond motifs is 1. The predicted octanol–water partition coefficient (Wildman–Crippen LogP) is 2.17. The lowest BCUT2D eigenvalue weighted by molar-refractivity contribution is 0.584. The zero-order valence-electron chi connectivity index (χ0n) is 10.4. The van der Waals surface area contributed by atoms with Gasteiger partial charge in [-0.2, -0.15) is 4.98 Å². The van der Waals surface area contributed by atoms with Gasteiger partial charge < -0.3 is 11.1 Å². The average molecular weight is 258 g/mol. The highest BCUT2D eigenvalue weighted by Gasteiger charge is 2.19. The summed E-state index contributed by atoms with van der Waals surface area (Å²) in [5.41, 5.74) is 8.17. The zero-order chi connectivity index (χ0) is 13.2. The average Bonchev–Trinajstić information content (AvgIpc) is 2.43. The van der Waals surface area contributed by atoms with E-state index >= 15 is 0 Å². The van der Waals surface area contributed by atoms with E-state index in [0.717, 1.165) is 25.5 Å². The van der Waals surface area contributed by atoms with Crippen LogP contribution in [0.1, 0.15) is 17.5 Å². The molecule has 0 aliphatic heterocycles. The summed E-state index contributed by atoms with van der Waals surface area (Å²) in [7, 11) is 0. The summed E-state index contributed by atoms with van der Waals surface area (Å²) >= 11 is 0. The minimum absolute atomic E-state index is 0.0834. The van der Waals surface area contributed by atoms with Gasteiger partial charge in [0.25, 0.3) is 0 Å². The molecule has 0 saturated carbocycles. The molecule has 2 aromatic rings. The van der Waals surface area contributed by atoms with Gasteiger partial charge in [0, 0.05) is 6.04 Å².